The highest BCUT2D eigenvalue weighted by Gasteiger charge is 2.34. The Hall–Kier alpha value is -2.27. The van der Waals surface area contributed by atoms with E-state index in [0.29, 0.717) is 12.0 Å². The van der Waals surface area contributed by atoms with Gasteiger partial charge in [-0.2, -0.15) is 13.2 Å². The summed E-state index contributed by atoms with van der Waals surface area (Å²) < 4.78 is 46.5. The van der Waals surface area contributed by atoms with Gasteiger partial charge in [-0.1, -0.05) is 49.4 Å². The lowest BCUT2D eigenvalue weighted by atomic mass is 9.99. The first kappa shape index (κ1) is 17.5. The van der Waals surface area contributed by atoms with E-state index in [9.17, 15) is 13.2 Å². The quantitative estimate of drug-likeness (QED) is 0.476. The second-order valence-electron chi connectivity index (χ2n) is 5.60. The molecule has 0 aliphatic heterocycles. The highest BCUT2D eigenvalue weighted by molar-refractivity contribution is 7.10. The second-order valence-corrected chi connectivity index (χ2v) is 6.58. The zero-order valence-electron chi connectivity index (χ0n) is 13.6. The van der Waals surface area contributed by atoms with Crippen LogP contribution in [0.5, 0.6) is 5.75 Å². The first-order valence-electron chi connectivity index (χ1n) is 7.95. The van der Waals surface area contributed by atoms with Crippen LogP contribution in [0.2, 0.25) is 0 Å². The smallest absolute Gasteiger partial charge is 0.417 e. The maximum absolute atomic E-state index is 13.6. The molecule has 0 aliphatic rings. The minimum atomic E-state index is -4.45. The van der Waals surface area contributed by atoms with Crippen LogP contribution in [0.4, 0.5) is 13.2 Å². The van der Waals surface area contributed by atoms with Gasteiger partial charge in [0.05, 0.1) is 5.56 Å². The van der Waals surface area contributed by atoms with Crippen molar-refractivity contribution in [1.29, 1.82) is 0 Å². The van der Waals surface area contributed by atoms with Gasteiger partial charge >= 0.3 is 6.18 Å². The fraction of sp³-hybridized carbons (Fsp3) is 0.200. The molecule has 0 spiro atoms. The van der Waals surface area contributed by atoms with E-state index >= 15 is 0 Å². The van der Waals surface area contributed by atoms with Gasteiger partial charge < -0.3 is 4.74 Å². The molecule has 0 saturated heterocycles. The van der Waals surface area contributed by atoms with Gasteiger partial charge in [0.2, 0.25) is 0 Å². The summed E-state index contributed by atoms with van der Waals surface area (Å²) in [5.41, 5.74) is 0.00790. The summed E-state index contributed by atoms with van der Waals surface area (Å²) in [6.07, 6.45) is -4.01. The van der Waals surface area contributed by atoms with Crippen LogP contribution < -0.4 is 4.74 Å². The van der Waals surface area contributed by atoms with E-state index in [-0.39, 0.29) is 17.4 Å². The molecule has 1 heterocycles. The van der Waals surface area contributed by atoms with E-state index in [2.05, 4.69) is 0 Å². The molecule has 0 radical (unpaired) electrons. The second kappa shape index (κ2) is 7.31. The molecule has 0 N–H and O–H groups in total. The van der Waals surface area contributed by atoms with Crippen molar-refractivity contribution < 1.29 is 17.9 Å². The molecule has 1 atom stereocenters. The number of rotatable bonds is 5. The molecule has 1 unspecified atom stereocenters. The van der Waals surface area contributed by atoms with Gasteiger partial charge in [0.15, 0.2) is 0 Å². The SMILES string of the molecule is CCC(Oc1ccc(-c2ccccc2)c(C(F)(F)F)c1)c1cccs1. The summed E-state index contributed by atoms with van der Waals surface area (Å²) in [5.74, 6) is 0.229. The number of alkyl halides is 3. The number of hydrogen-bond acceptors (Lipinski definition) is 2. The fourth-order valence-corrected chi connectivity index (χ4v) is 3.52. The van der Waals surface area contributed by atoms with Crippen LogP contribution in [0.25, 0.3) is 11.1 Å². The summed E-state index contributed by atoms with van der Waals surface area (Å²) in [6, 6.07) is 16.6. The Morgan fingerprint density at radius 1 is 1.00 bits per heavy atom. The van der Waals surface area contributed by atoms with Gasteiger partial charge in [0.25, 0.3) is 0 Å². The Balaban J connectivity index is 1.97. The van der Waals surface area contributed by atoms with Crippen LogP contribution in [-0.4, -0.2) is 0 Å². The number of ether oxygens (including phenoxy) is 1. The van der Waals surface area contributed by atoms with Crippen molar-refractivity contribution in [1.82, 2.24) is 0 Å². The summed E-state index contributed by atoms with van der Waals surface area (Å²) >= 11 is 1.54. The molecule has 0 bridgehead atoms. The summed E-state index contributed by atoms with van der Waals surface area (Å²) in [7, 11) is 0. The molecule has 3 rings (SSSR count). The zero-order chi connectivity index (χ0) is 17.9. The topological polar surface area (TPSA) is 9.23 Å². The van der Waals surface area contributed by atoms with Crippen molar-refractivity contribution in [2.75, 3.05) is 0 Å². The molecule has 1 aromatic heterocycles. The Bertz CT molecular complexity index is 811. The Labute approximate surface area is 148 Å². The normalized spacial score (nSPS) is 12.8. The van der Waals surface area contributed by atoms with Crippen LogP contribution in [-0.2, 0) is 6.18 Å². The van der Waals surface area contributed by atoms with Gasteiger partial charge in [0.1, 0.15) is 11.9 Å². The van der Waals surface area contributed by atoms with Crippen molar-refractivity contribution in [3.8, 4) is 16.9 Å². The van der Waals surface area contributed by atoms with Gasteiger partial charge in [-0.3, -0.25) is 0 Å². The fourth-order valence-electron chi connectivity index (χ4n) is 2.68. The predicted molar refractivity (Wildman–Crippen MR) is 94.9 cm³/mol. The van der Waals surface area contributed by atoms with Gasteiger partial charge in [-0.25, -0.2) is 0 Å². The molecule has 0 fully saturated rings. The van der Waals surface area contributed by atoms with Crippen molar-refractivity contribution >= 4 is 11.3 Å². The summed E-state index contributed by atoms with van der Waals surface area (Å²) in [6.45, 7) is 1.95. The van der Waals surface area contributed by atoms with E-state index in [4.69, 9.17) is 4.74 Å². The van der Waals surface area contributed by atoms with Crippen LogP contribution in [0.1, 0.15) is 29.9 Å². The maximum Gasteiger partial charge on any atom is 0.417 e. The Kier molecular flexibility index (Phi) is 5.13. The Morgan fingerprint density at radius 3 is 2.36 bits per heavy atom. The molecule has 0 saturated carbocycles. The molecule has 2 aromatic carbocycles. The number of halogens is 3. The van der Waals surface area contributed by atoms with E-state index in [1.165, 1.54) is 17.4 Å². The number of hydrogen-bond donors (Lipinski definition) is 0. The lowest BCUT2D eigenvalue weighted by molar-refractivity contribution is -0.137. The predicted octanol–water partition coefficient (Wildman–Crippen LogP) is 6.96. The minimum absolute atomic E-state index is 0.157. The summed E-state index contributed by atoms with van der Waals surface area (Å²) in [5, 5.41) is 1.93. The largest absolute Gasteiger partial charge is 0.485 e. The van der Waals surface area contributed by atoms with E-state index in [1.807, 2.05) is 24.4 Å². The molecule has 0 aliphatic carbocycles. The van der Waals surface area contributed by atoms with Gasteiger partial charge in [-0.15, -0.1) is 11.3 Å². The van der Waals surface area contributed by atoms with E-state index < -0.39 is 11.7 Å². The average Bonchev–Trinajstić information content (AvgIpc) is 3.14. The molecule has 25 heavy (non-hydrogen) atoms. The maximum atomic E-state index is 13.6. The standard InChI is InChI=1S/C20H17F3OS/c1-2-18(19-9-6-12-25-19)24-15-10-11-16(14-7-4-3-5-8-14)17(13-15)20(21,22)23/h3-13,18H,2H2,1H3. The molecule has 3 aromatic rings. The highest BCUT2D eigenvalue weighted by Crippen LogP contribution is 2.40. The number of thiophene rings is 1. The van der Waals surface area contributed by atoms with Crippen molar-refractivity contribution in [2.45, 2.75) is 25.6 Å². The lowest BCUT2D eigenvalue weighted by Gasteiger charge is -2.19. The molecular weight excluding hydrogens is 345 g/mol. The van der Waals surface area contributed by atoms with Gasteiger partial charge in [-0.05, 0) is 41.1 Å². The number of benzene rings is 2. The first-order valence-corrected chi connectivity index (χ1v) is 8.83. The highest BCUT2D eigenvalue weighted by atomic mass is 32.1. The Morgan fingerprint density at radius 2 is 1.76 bits per heavy atom. The summed E-state index contributed by atoms with van der Waals surface area (Å²) in [4.78, 5) is 1.00. The third kappa shape index (κ3) is 4.04. The van der Waals surface area contributed by atoms with Crippen molar-refractivity contribution in [3.63, 3.8) is 0 Å². The third-order valence-electron chi connectivity index (χ3n) is 3.89. The molecule has 1 nitrogen and oxygen atoms in total. The van der Waals surface area contributed by atoms with Crippen LogP contribution in [0, 0.1) is 0 Å². The van der Waals surface area contributed by atoms with Gasteiger partial charge in [0, 0.05) is 4.88 Å². The van der Waals surface area contributed by atoms with E-state index in [0.717, 1.165) is 10.9 Å². The monoisotopic (exact) mass is 362 g/mol. The average molecular weight is 362 g/mol. The van der Waals surface area contributed by atoms with Crippen LogP contribution in [0.3, 0.4) is 0 Å². The molecule has 130 valence electrons. The molecule has 0 amide bonds. The molecule has 5 heteroatoms. The lowest BCUT2D eigenvalue weighted by Crippen LogP contribution is -2.09. The zero-order valence-corrected chi connectivity index (χ0v) is 14.4. The molecular formula is C20H17F3OS. The van der Waals surface area contributed by atoms with Crippen molar-refractivity contribution in [3.05, 3.63) is 76.5 Å². The first-order chi connectivity index (χ1) is 12.0. The van der Waals surface area contributed by atoms with Crippen molar-refractivity contribution in [2.24, 2.45) is 0 Å². The van der Waals surface area contributed by atoms with E-state index in [1.54, 1.807) is 36.4 Å². The van der Waals surface area contributed by atoms with Crippen LogP contribution >= 0.6 is 11.3 Å². The third-order valence-corrected chi connectivity index (χ3v) is 4.86. The van der Waals surface area contributed by atoms with Crippen LogP contribution in [0.15, 0.2) is 66.0 Å². The minimum Gasteiger partial charge on any atom is -0.485 e.